The van der Waals surface area contributed by atoms with Crippen LogP contribution in [-0.4, -0.2) is 21.6 Å². The number of anilines is 1. The molecule has 0 amide bonds. The molecule has 0 bridgehead atoms. The van der Waals surface area contributed by atoms with Crippen LogP contribution in [0.5, 0.6) is 11.5 Å². The number of hydrogen-bond donors (Lipinski definition) is 1. The van der Waals surface area contributed by atoms with Crippen LogP contribution in [0.1, 0.15) is 5.56 Å². The highest BCUT2D eigenvalue weighted by molar-refractivity contribution is 9.10. The zero-order chi connectivity index (χ0) is 15.6. The van der Waals surface area contributed by atoms with Crippen molar-refractivity contribution in [2.45, 2.75) is 5.75 Å². The average Bonchev–Trinajstić information content (AvgIpc) is 2.49. The molecule has 0 spiro atoms. The van der Waals surface area contributed by atoms with Gasteiger partial charge in [-0.1, -0.05) is 28.1 Å². The molecule has 1 aliphatic heterocycles. The lowest BCUT2D eigenvalue weighted by molar-refractivity contribution is 0.171. The van der Waals surface area contributed by atoms with Gasteiger partial charge < -0.3 is 9.47 Å². The maximum absolute atomic E-state index is 12.2. The van der Waals surface area contributed by atoms with E-state index in [2.05, 4.69) is 20.7 Å². The molecule has 0 aliphatic carbocycles. The highest BCUT2D eigenvalue weighted by Gasteiger charge is 2.15. The fourth-order valence-corrected chi connectivity index (χ4v) is 3.58. The van der Waals surface area contributed by atoms with E-state index in [0.717, 1.165) is 4.47 Å². The molecule has 116 valence electrons. The van der Waals surface area contributed by atoms with Gasteiger partial charge in [0.15, 0.2) is 11.5 Å². The predicted molar refractivity (Wildman–Crippen MR) is 87.8 cm³/mol. The van der Waals surface area contributed by atoms with E-state index >= 15 is 0 Å². The number of rotatable bonds is 4. The Labute approximate surface area is 137 Å². The van der Waals surface area contributed by atoms with Crippen LogP contribution >= 0.6 is 15.9 Å². The monoisotopic (exact) mass is 383 g/mol. The highest BCUT2D eigenvalue weighted by Crippen LogP contribution is 2.33. The van der Waals surface area contributed by atoms with Crippen molar-refractivity contribution in [2.24, 2.45) is 0 Å². The van der Waals surface area contributed by atoms with Crippen molar-refractivity contribution in [1.29, 1.82) is 0 Å². The fraction of sp³-hybridized carbons (Fsp3) is 0.200. The predicted octanol–water partition coefficient (Wildman–Crippen LogP) is 3.16. The standard InChI is InChI=1S/C15H14BrNO4S/c16-12-3-1-11(2-4-12)10-22(18,19)17-13-5-6-14-15(9-13)21-8-7-20-14/h1-6,9,17H,7-8,10H2. The SMILES string of the molecule is O=S(=O)(Cc1ccc(Br)cc1)Nc1ccc2c(c1)OCCO2. The second-order valence-corrected chi connectivity index (χ2v) is 7.48. The molecule has 22 heavy (non-hydrogen) atoms. The molecule has 0 atom stereocenters. The van der Waals surface area contributed by atoms with Crippen LogP contribution in [0.25, 0.3) is 0 Å². The van der Waals surface area contributed by atoms with Gasteiger partial charge in [0, 0.05) is 10.5 Å². The Morgan fingerprint density at radius 2 is 1.68 bits per heavy atom. The number of sulfonamides is 1. The molecule has 7 heteroatoms. The lowest BCUT2D eigenvalue weighted by Gasteiger charge is -2.19. The average molecular weight is 384 g/mol. The van der Waals surface area contributed by atoms with E-state index in [0.29, 0.717) is 36.0 Å². The molecule has 2 aromatic rings. The van der Waals surface area contributed by atoms with Crippen LogP contribution in [-0.2, 0) is 15.8 Å². The molecule has 1 aliphatic rings. The topological polar surface area (TPSA) is 64.6 Å². The molecule has 0 fully saturated rings. The molecule has 0 aromatic heterocycles. The van der Waals surface area contributed by atoms with Gasteiger partial charge in [0.2, 0.25) is 10.0 Å². The van der Waals surface area contributed by atoms with Gasteiger partial charge in [-0.15, -0.1) is 0 Å². The van der Waals surface area contributed by atoms with E-state index in [1.807, 2.05) is 12.1 Å². The first-order valence-electron chi connectivity index (χ1n) is 6.66. The summed E-state index contributed by atoms with van der Waals surface area (Å²) in [4.78, 5) is 0. The number of halogens is 1. The third-order valence-corrected chi connectivity index (χ3v) is 4.87. The molecule has 2 aromatic carbocycles. The smallest absolute Gasteiger partial charge is 0.236 e. The van der Waals surface area contributed by atoms with E-state index in [9.17, 15) is 8.42 Å². The van der Waals surface area contributed by atoms with E-state index in [4.69, 9.17) is 9.47 Å². The fourth-order valence-electron chi connectivity index (χ4n) is 2.12. The molecule has 1 heterocycles. The van der Waals surface area contributed by atoms with Gasteiger partial charge in [-0.2, -0.15) is 0 Å². The molecule has 3 rings (SSSR count). The van der Waals surface area contributed by atoms with Crippen LogP contribution in [0.4, 0.5) is 5.69 Å². The van der Waals surface area contributed by atoms with Crippen LogP contribution < -0.4 is 14.2 Å². The summed E-state index contributed by atoms with van der Waals surface area (Å²) < 4.78 is 38.8. The van der Waals surface area contributed by atoms with Gasteiger partial charge in [0.05, 0.1) is 11.4 Å². The quantitative estimate of drug-likeness (QED) is 0.880. The number of fused-ring (bicyclic) bond motifs is 1. The third kappa shape index (κ3) is 3.72. The van der Waals surface area contributed by atoms with Gasteiger partial charge in [-0.3, -0.25) is 4.72 Å². The summed E-state index contributed by atoms with van der Waals surface area (Å²) >= 11 is 3.32. The van der Waals surface area contributed by atoms with E-state index in [1.54, 1.807) is 30.3 Å². The molecular formula is C15H14BrNO4S. The summed E-state index contributed by atoms with van der Waals surface area (Å²) in [6.45, 7) is 0.962. The van der Waals surface area contributed by atoms with Gasteiger partial charge in [0.25, 0.3) is 0 Å². The van der Waals surface area contributed by atoms with Gasteiger partial charge in [-0.25, -0.2) is 8.42 Å². The van der Waals surface area contributed by atoms with Crippen LogP contribution in [0, 0.1) is 0 Å². The zero-order valence-corrected chi connectivity index (χ0v) is 14.0. The number of hydrogen-bond acceptors (Lipinski definition) is 4. The lowest BCUT2D eigenvalue weighted by atomic mass is 10.2. The summed E-state index contributed by atoms with van der Waals surface area (Å²) in [5.41, 5.74) is 1.18. The number of nitrogens with one attached hydrogen (secondary N) is 1. The first-order chi connectivity index (χ1) is 10.5. The number of ether oxygens (including phenoxy) is 2. The first kappa shape index (κ1) is 15.2. The van der Waals surface area contributed by atoms with E-state index in [-0.39, 0.29) is 5.75 Å². The summed E-state index contributed by atoms with van der Waals surface area (Å²) in [6.07, 6.45) is 0. The third-order valence-electron chi connectivity index (χ3n) is 3.09. The molecule has 5 nitrogen and oxygen atoms in total. The Bertz CT molecular complexity index is 775. The van der Waals surface area contributed by atoms with Gasteiger partial charge >= 0.3 is 0 Å². The Balaban J connectivity index is 1.75. The van der Waals surface area contributed by atoms with E-state index in [1.165, 1.54) is 0 Å². The minimum atomic E-state index is -3.49. The zero-order valence-electron chi connectivity index (χ0n) is 11.6. The largest absolute Gasteiger partial charge is 0.486 e. The van der Waals surface area contributed by atoms with Crippen LogP contribution in [0.2, 0.25) is 0 Å². The first-order valence-corrected chi connectivity index (χ1v) is 9.11. The molecule has 0 saturated carbocycles. The van der Waals surface area contributed by atoms with Gasteiger partial charge in [-0.05, 0) is 29.8 Å². The van der Waals surface area contributed by atoms with Crippen molar-refractivity contribution in [1.82, 2.24) is 0 Å². The normalized spacial score (nSPS) is 13.7. The Hall–Kier alpha value is -1.73. The summed E-state index contributed by atoms with van der Waals surface area (Å²) in [7, 11) is -3.49. The van der Waals surface area contributed by atoms with Crippen molar-refractivity contribution >= 4 is 31.6 Å². The molecule has 1 N–H and O–H groups in total. The second kappa shape index (κ2) is 6.18. The molecule has 0 radical (unpaired) electrons. The molecule has 0 unspecified atom stereocenters. The Morgan fingerprint density at radius 3 is 2.41 bits per heavy atom. The summed E-state index contributed by atoms with van der Waals surface area (Å²) in [5, 5.41) is 0. The van der Waals surface area contributed by atoms with Crippen LogP contribution in [0.15, 0.2) is 46.9 Å². The Morgan fingerprint density at radius 1 is 1.00 bits per heavy atom. The van der Waals surface area contributed by atoms with Crippen molar-refractivity contribution in [3.63, 3.8) is 0 Å². The van der Waals surface area contributed by atoms with Crippen LogP contribution in [0.3, 0.4) is 0 Å². The number of benzene rings is 2. The summed E-state index contributed by atoms with van der Waals surface area (Å²) in [6, 6.07) is 12.2. The maximum Gasteiger partial charge on any atom is 0.236 e. The van der Waals surface area contributed by atoms with Crippen molar-refractivity contribution in [3.8, 4) is 11.5 Å². The van der Waals surface area contributed by atoms with Gasteiger partial charge in [0.1, 0.15) is 13.2 Å². The minimum Gasteiger partial charge on any atom is -0.486 e. The second-order valence-electron chi connectivity index (χ2n) is 4.85. The van der Waals surface area contributed by atoms with E-state index < -0.39 is 10.0 Å². The summed E-state index contributed by atoms with van der Waals surface area (Å²) in [5.74, 6) is 1.09. The molecular weight excluding hydrogens is 370 g/mol. The lowest BCUT2D eigenvalue weighted by Crippen LogP contribution is -2.17. The van der Waals surface area contributed by atoms with Crippen molar-refractivity contribution < 1.29 is 17.9 Å². The maximum atomic E-state index is 12.2. The van der Waals surface area contributed by atoms with Crippen molar-refractivity contribution in [3.05, 3.63) is 52.5 Å². The minimum absolute atomic E-state index is 0.0886. The Kier molecular flexibility index (Phi) is 4.26. The van der Waals surface area contributed by atoms with Crippen molar-refractivity contribution in [2.75, 3.05) is 17.9 Å². The molecule has 0 saturated heterocycles. The highest BCUT2D eigenvalue weighted by atomic mass is 79.9.